The Kier molecular flexibility index (Phi) is 7.24. The van der Waals surface area contributed by atoms with Gasteiger partial charge in [-0.1, -0.05) is 30.4 Å². The van der Waals surface area contributed by atoms with Crippen molar-refractivity contribution in [1.29, 1.82) is 0 Å². The first-order valence-electron chi connectivity index (χ1n) is 11.4. The number of carbonyl (C=O) groups excluding carboxylic acids is 1. The van der Waals surface area contributed by atoms with Crippen LogP contribution in [0.25, 0.3) is 10.9 Å². The van der Waals surface area contributed by atoms with Crippen LogP contribution in [0.15, 0.2) is 70.6 Å². The van der Waals surface area contributed by atoms with Gasteiger partial charge in [0.05, 0.1) is 39.9 Å². The lowest BCUT2D eigenvalue weighted by molar-refractivity contribution is -0.125. The number of benzene rings is 2. The summed E-state index contributed by atoms with van der Waals surface area (Å²) in [7, 11) is -3.86. The smallest absolute Gasteiger partial charge is 0.386 e. The molecule has 1 fully saturated rings. The number of carbonyl (C=O) groups is 1. The Labute approximate surface area is 210 Å². The van der Waals surface area contributed by atoms with E-state index in [-0.39, 0.29) is 53.4 Å². The molecule has 1 aliphatic heterocycles. The van der Waals surface area contributed by atoms with Crippen LogP contribution >= 0.6 is 0 Å². The Morgan fingerprint density at radius 1 is 1.14 bits per heavy atom. The van der Waals surface area contributed by atoms with Crippen molar-refractivity contribution in [2.75, 3.05) is 13.1 Å². The number of sulfone groups is 1. The lowest BCUT2D eigenvalue weighted by atomic mass is 9.90. The zero-order valence-electron chi connectivity index (χ0n) is 19.5. The number of hydrogen-bond donors (Lipinski definition) is 2. The van der Waals surface area contributed by atoms with E-state index in [0.717, 1.165) is 18.5 Å². The Bertz CT molecular complexity index is 1490. The zero-order chi connectivity index (χ0) is 26.8. The average Bonchev–Trinajstić information content (AvgIpc) is 2.83. The maximum Gasteiger partial charge on any atom is 0.392 e. The summed E-state index contributed by atoms with van der Waals surface area (Å²) < 4.78 is 63.1. The number of amides is 1. The molecule has 196 valence electrons. The molecule has 2 heterocycles. The Morgan fingerprint density at radius 3 is 2.46 bits per heavy atom. The minimum atomic E-state index is -4.35. The highest BCUT2D eigenvalue weighted by Gasteiger charge is 2.33. The number of aromatic amines is 1. The monoisotopic (exact) mass is 535 g/mol. The third kappa shape index (κ3) is 6.25. The number of para-hydroxylation sites is 1. The maximum atomic E-state index is 13.1. The van der Waals surface area contributed by atoms with Gasteiger partial charge in [0.25, 0.3) is 11.5 Å². The third-order valence-electron chi connectivity index (χ3n) is 6.22. The lowest BCUT2D eigenvalue weighted by Gasteiger charge is -2.36. The van der Waals surface area contributed by atoms with Crippen molar-refractivity contribution in [1.82, 2.24) is 14.9 Å². The highest BCUT2D eigenvalue weighted by molar-refractivity contribution is 7.90. The normalized spacial score (nSPS) is 16.4. The summed E-state index contributed by atoms with van der Waals surface area (Å²) in [5.74, 6) is -0.691. The van der Waals surface area contributed by atoms with Crippen molar-refractivity contribution in [3.05, 3.63) is 82.4 Å². The van der Waals surface area contributed by atoms with Crippen molar-refractivity contribution < 1.29 is 31.5 Å². The number of rotatable bonds is 6. The van der Waals surface area contributed by atoms with Crippen molar-refractivity contribution >= 4 is 26.6 Å². The molecular weight excluding hydrogens is 511 g/mol. The van der Waals surface area contributed by atoms with E-state index in [1.165, 1.54) is 47.4 Å². The van der Waals surface area contributed by atoms with Gasteiger partial charge in [0.1, 0.15) is 0 Å². The average molecular weight is 536 g/mol. The zero-order valence-corrected chi connectivity index (χ0v) is 20.3. The van der Waals surface area contributed by atoms with Crippen LogP contribution in [0, 0.1) is 0 Å². The summed E-state index contributed by atoms with van der Waals surface area (Å²) in [4.78, 5) is 32.7. The number of H-pyrrole nitrogens is 1. The summed E-state index contributed by atoms with van der Waals surface area (Å²) in [6.07, 6.45) is -2.08. The molecule has 3 aromatic rings. The molecule has 1 amide bonds. The van der Waals surface area contributed by atoms with E-state index in [1.54, 1.807) is 0 Å². The molecule has 4 rings (SSSR count). The first-order valence-corrected chi connectivity index (χ1v) is 13.1. The van der Waals surface area contributed by atoms with Crippen LogP contribution in [0.4, 0.5) is 13.2 Å². The molecule has 0 atom stereocenters. The van der Waals surface area contributed by atoms with Crippen molar-refractivity contribution in [2.45, 2.75) is 41.7 Å². The van der Waals surface area contributed by atoms with Crippen LogP contribution in [-0.4, -0.2) is 59.2 Å². The van der Waals surface area contributed by atoms with Crippen LogP contribution in [0.2, 0.25) is 0 Å². The van der Waals surface area contributed by atoms with Crippen molar-refractivity contribution in [3.8, 4) is 0 Å². The second-order valence-electron chi connectivity index (χ2n) is 8.96. The summed E-state index contributed by atoms with van der Waals surface area (Å²) in [6, 6.07) is 10.4. The predicted octanol–water partition coefficient (Wildman–Crippen LogP) is 3.37. The van der Waals surface area contributed by atoms with Gasteiger partial charge < -0.3 is 15.0 Å². The summed E-state index contributed by atoms with van der Waals surface area (Å²) in [6.45, 7) is 0.323. The van der Waals surface area contributed by atoms with Gasteiger partial charge in [0.2, 0.25) is 0 Å². The molecule has 0 aliphatic carbocycles. The number of nitrogens with one attached hydrogen (secondary N) is 1. The van der Waals surface area contributed by atoms with E-state index < -0.39 is 33.6 Å². The second-order valence-corrected chi connectivity index (χ2v) is 10.9. The maximum absolute atomic E-state index is 13.1. The predicted molar refractivity (Wildman–Crippen MR) is 130 cm³/mol. The van der Waals surface area contributed by atoms with E-state index >= 15 is 0 Å². The lowest BCUT2D eigenvalue weighted by Crippen LogP contribution is -2.45. The number of likely N-dealkylation sites (tertiary alicyclic amines) is 1. The molecule has 8 nitrogen and oxygen atoms in total. The van der Waals surface area contributed by atoms with Crippen LogP contribution < -0.4 is 5.56 Å². The third-order valence-corrected chi connectivity index (χ3v) is 7.93. The van der Waals surface area contributed by atoms with Crippen LogP contribution in [0.3, 0.4) is 0 Å². The van der Waals surface area contributed by atoms with Gasteiger partial charge in [-0.25, -0.2) is 13.4 Å². The van der Waals surface area contributed by atoms with Crippen molar-refractivity contribution in [2.24, 2.45) is 0 Å². The minimum absolute atomic E-state index is 0.0682. The van der Waals surface area contributed by atoms with Gasteiger partial charge in [-0.15, -0.1) is 0 Å². The van der Waals surface area contributed by atoms with Crippen molar-refractivity contribution in [3.63, 3.8) is 0 Å². The molecule has 0 bridgehead atoms. The van der Waals surface area contributed by atoms with Gasteiger partial charge in [-0.2, -0.15) is 13.2 Å². The Balaban J connectivity index is 1.42. The highest BCUT2D eigenvalue weighted by atomic mass is 32.2. The molecule has 12 heteroatoms. The second kappa shape index (κ2) is 10.1. The fourth-order valence-electron chi connectivity index (χ4n) is 4.22. The SMILES string of the molecule is O=C(c1ccc(CS(=O)(=O)c2cccc3c(=O)[nH]cnc23)cc1)N1CCC(O)(/C=C/CC(F)(F)F)CC1. The number of piperidine rings is 1. The minimum Gasteiger partial charge on any atom is -0.386 e. The number of allylic oxidation sites excluding steroid dienone is 1. The fourth-order valence-corrected chi connectivity index (χ4v) is 5.75. The van der Waals surface area contributed by atoms with Gasteiger partial charge >= 0.3 is 6.18 Å². The molecule has 0 radical (unpaired) electrons. The van der Waals surface area contributed by atoms with E-state index in [0.29, 0.717) is 11.1 Å². The van der Waals surface area contributed by atoms with Crippen LogP contribution in [-0.2, 0) is 15.6 Å². The van der Waals surface area contributed by atoms with E-state index in [1.807, 2.05) is 0 Å². The van der Waals surface area contributed by atoms with E-state index in [2.05, 4.69) is 9.97 Å². The van der Waals surface area contributed by atoms with E-state index in [9.17, 15) is 36.3 Å². The number of nitrogens with zero attached hydrogens (tertiary/aromatic N) is 2. The summed E-state index contributed by atoms with van der Waals surface area (Å²) in [5.41, 5.74) is -1.02. The Hall–Kier alpha value is -3.51. The quantitative estimate of drug-likeness (QED) is 0.467. The molecule has 1 saturated heterocycles. The van der Waals surface area contributed by atoms with Gasteiger partial charge in [-0.05, 0) is 42.7 Å². The van der Waals surface area contributed by atoms with Gasteiger partial charge in [-0.3, -0.25) is 9.59 Å². The number of hydrogen-bond acceptors (Lipinski definition) is 6. The van der Waals surface area contributed by atoms with E-state index in [4.69, 9.17) is 0 Å². The molecule has 0 saturated carbocycles. The standard InChI is InChI=1S/C25H24F3N3O5S/c26-25(27,28)10-2-9-24(34)11-13-31(14-12-24)23(33)18-7-5-17(6-8-18)15-37(35,36)20-4-1-3-19-21(20)29-16-30-22(19)32/h1-9,16,34H,10-15H2,(H,29,30,32)/b9-2+. The topological polar surface area (TPSA) is 120 Å². The van der Waals surface area contributed by atoms with Crippen LogP contribution in [0.1, 0.15) is 35.2 Å². The van der Waals surface area contributed by atoms with Gasteiger partial charge in [0, 0.05) is 18.7 Å². The number of aromatic nitrogens is 2. The van der Waals surface area contributed by atoms with Crippen LogP contribution in [0.5, 0.6) is 0 Å². The molecule has 2 N–H and O–H groups in total. The molecule has 0 spiro atoms. The number of alkyl halides is 3. The molecule has 1 aliphatic rings. The summed E-state index contributed by atoms with van der Waals surface area (Å²) >= 11 is 0. The highest BCUT2D eigenvalue weighted by Crippen LogP contribution is 2.27. The summed E-state index contributed by atoms with van der Waals surface area (Å²) in [5, 5.41) is 10.6. The molecule has 0 unspecified atom stereocenters. The number of halogens is 3. The fraction of sp³-hybridized carbons (Fsp3) is 0.320. The number of fused-ring (bicyclic) bond motifs is 1. The first kappa shape index (κ1) is 26.6. The van der Waals surface area contributed by atoms with Gasteiger partial charge in [0.15, 0.2) is 9.84 Å². The first-order chi connectivity index (χ1) is 17.4. The largest absolute Gasteiger partial charge is 0.392 e. The molecule has 37 heavy (non-hydrogen) atoms. The molecular formula is C25H24F3N3O5S. The molecule has 1 aromatic heterocycles. The Morgan fingerprint density at radius 2 is 1.81 bits per heavy atom. The number of aliphatic hydroxyl groups is 1. The molecule has 2 aromatic carbocycles.